The molecule has 0 aliphatic carbocycles. The lowest BCUT2D eigenvalue weighted by Crippen LogP contribution is -2.36. The Morgan fingerprint density at radius 2 is 1.84 bits per heavy atom. The molecule has 0 aliphatic rings. The molecular formula is C13H19F3N2O. The first kappa shape index (κ1) is 15.8. The first-order valence-electron chi connectivity index (χ1n) is 5.88. The van der Waals surface area contributed by atoms with Crippen molar-refractivity contribution in [3.8, 4) is 0 Å². The van der Waals surface area contributed by atoms with Crippen molar-refractivity contribution in [2.24, 2.45) is 5.73 Å². The Bertz CT molecular complexity index is 438. The zero-order chi connectivity index (χ0) is 14.8. The molecule has 0 aliphatic heterocycles. The Balaban J connectivity index is 3.09. The minimum Gasteiger partial charge on any atom is -0.389 e. The van der Waals surface area contributed by atoms with Gasteiger partial charge in [-0.05, 0) is 37.6 Å². The second kappa shape index (κ2) is 5.38. The molecule has 0 unspecified atom stereocenters. The third-order valence-corrected chi connectivity index (χ3v) is 2.66. The van der Waals surface area contributed by atoms with E-state index in [2.05, 4.69) is 0 Å². The van der Waals surface area contributed by atoms with Gasteiger partial charge in [0.25, 0.3) is 0 Å². The predicted octanol–water partition coefficient (Wildman–Crippen LogP) is 2.37. The molecule has 108 valence electrons. The third-order valence-electron chi connectivity index (χ3n) is 2.66. The monoisotopic (exact) mass is 276 g/mol. The summed E-state index contributed by atoms with van der Waals surface area (Å²) in [6, 6.07) is 3.46. The van der Waals surface area contributed by atoms with Crippen LogP contribution >= 0.6 is 0 Å². The van der Waals surface area contributed by atoms with Crippen LogP contribution in [0.4, 0.5) is 18.9 Å². The number of rotatable bonds is 4. The number of nitrogens with two attached hydrogens (primary N) is 1. The quantitative estimate of drug-likeness (QED) is 0.887. The number of halogens is 3. The number of hydrogen-bond acceptors (Lipinski definition) is 3. The zero-order valence-corrected chi connectivity index (χ0v) is 11.3. The van der Waals surface area contributed by atoms with Gasteiger partial charge in [0.1, 0.15) is 0 Å². The van der Waals surface area contributed by atoms with Crippen LogP contribution in [-0.4, -0.2) is 24.3 Å². The number of nitrogens with zero attached hydrogens (tertiary/aromatic N) is 1. The van der Waals surface area contributed by atoms with Gasteiger partial charge >= 0.3 is 6.18 Å². The Hall–Kier alpha value is -1.27. The minimum atomic E-state index is -4.38. The number of anilines is 1. The Kier molecular flexibility index (Phi) is 4.47. The van der Waals surface area contributed by atoms with Crippen LogP contribution in [0.1, 0.15) is 25.0 Å². The zero-order valence-electron chi connectivity index (χ0n) is 11.3. The molecule has 0 heterocycles. The molecule has 3 nitrogen and oxygen atoms in total. The van der Waals surface area contributed by atoms with E-state index >= 15 is 0 Å². The maximum atomic E-state index is 12.6. The lowest BCUT2D eigenvalue weighted by Gasteiger charge is -2.29. The molecule has 0 atom stereocenters. The molecule has 1 aromatic carbocycles. The fraction of sp³-hybridized carbons (Fsp3) is 0.538. The van der Waals surface area contributed by atoms with Crippen molar-refractivity contribution in [3.05, 3.63) is 29.3 Å². The summed E-state index contributed by atoms with van der Waals surface area (Å²) in [6.07, 6.45) is -4.38. The van der Waals surface area contributed by atoms with E-state index in [1.165, 1.54) is 6.07 Å². The number of likely N-dealkylation sites (N-methyl/N-ethyl adjacent to an activating group) is 1. The number of aliphatic hydroxyl groups is 1. The van der Waals surface area contributed by atoms with E-state index in [4.69, 9.17) is 5.73 Å². The normalized spacial score (nSPS) is 12.6. The van der Waals surface area contributed by atoms with E-state index in [0.717, 1.165) is 12.1 Å². The Labute approximate surface area is 110 Å². The van der Waals surface area contributed by atoms with Crippen LogP contribution < -0.4 is 10.6 Å². The highest BCUT2D eigenvalue weighted by atomic mass is 19.4. The highest BCUT2D eigenvalue weighted by Crippen LogP contribution is 2.32. The molecule has 0 spiro atoms. The predicted molar refractivity (Wildman–Crippen MR) is 68.9 cm³/mol. The molecule has 0 fully saturated rings. The summed E-state index contributed by atoms with van der Waals surface area (Å²) in [5.74, 6) is 0. The maximum absolute atomic E-state index is 12.6. The van der Waals surface area contributed by atoms with Crippen molar-refractivity contribution in [2.45, 2.75) is 32.2 Å². The van der Waals surface area contributed by atoms with E-state index in [9.17, 15) is 18.3 Å². The first-order valence-corrected chi connectivity index (χ1v) is 5.88. The first-order chi connectivity index (χ1) is 8.54. The summed E-state index contributed by atoms with van der Waals surface area (Å²) < 4.78 is 37.8. The molecule has 0 bridgehead atoms. The highest BCUT2D eigenvalue weighted by Gasteiger charge is 2.31. The van der Waals surface area contributed by atoms with E-state index in [1.54, 1.807) is 25.8 Å². The fourth-order valence-corrected chi connectivity index (χ4v) is 1.96. The molecule has 3 N–H and O–H groups in total. The Morgan fingerprint density at radius 3 is 2.26 bits per heavy atom. The molecular weight excluding hydrogens is 257 g/mol. The van der Waals surface area contributed by atoms with Crippen molar-refractivity contribution in [1.82, 2.24) is 0 Å². The van der Waals surface area contributed by atoms with Crippen molar-refractivity contribution in [1.29, 1.82) is 0 Å². The van der Waals surface area contributed by atoms with E-state index in [1.807, 2.05) is 0 Å². The summed E-state index contributed by atoms with van der Waals surface area (Å²) in [6.45, 7) is 3.58. The topological polar surface area (TPSA) is 49.5 Å². The van der Waals surface area contributed by atoms with Gasteiger partial charge in [0.15, 0.2) is 0 Å². The molecule has 1 rings (SSSR count). The lowest BCUT2D eigenvalue weighted by atomic mass is 10.1. The molecule has 0 saturated carbocycles. The van der Waals surface area contributed by atoms with Crippen LogP contribution in [0.2, 0.25) is 0 Å². The second-order valence-electron chi connectivity index (χ2n) is 5.21. The lowest BCUT2D eigenvalue weighted by molar-refractivity contribution is -0.137. The molecule has 0 radical (unpaired) electrons. The summed E-state index contributed by atoms with van der Waals surface area (Å²) in [7, 11) is 1.71. The van der Waals surface area contributed by atoms with Gasteiger partial charge in [-0.3, -0.25) is 0 Å². The van der Waals surface area contributed by atoms with Crippen LogP contribution in [0.3, 0.4) is 0 Å². The average Bonchev–Trinajstić information content (AvgIpc) is 2.24. The average molecular weight is 276 g/mol. The molecule has 6 heteroatoms. The molecule has 0 amide bonds. The fourth-order valence-electron chi connectivity index (χ4n) is 1.96. The van der Waals surface area contributed by atoms with Crippen molar-refractivity contribution in [2.75, 3.05) is 18.5 Å². The van der Waals surface area contributed by atoms with Crippen molar-refractivity contribution in [3.63, 3.8) is 0 Å². The Morgan fingerprint density at radius 1 is 1.26 bits per heavy atom. The van der Waals surface area contributed by atoms with Crippen molar-refractivity contribution < 1.29 is 18.3 Å². The summed E-state index contributed by atoms with van der Waals surface area (Å²) in [5.41, 5.74) is 4.85. The van der Waals surface area contributed by atoms with E-state index in [0.29, 0.717) is 17.8 Å². The summed E-state index contributed by atoms with van der Waals surface area (Å²) in [4.78, 5) is 1.70. The van der Waals surface area contributed by atoms with Crippen LogP contribution in [0, 0.1) is 0 Å². The highest BCUT2D eigenvalue weighted by molar-refractivity contribution is 5.55. The van der Waals surface area contributed by atoms with Gasteiger partial charge in [-0.25, -0.2) is 0 Å². The summed E-state index contributed by atoms with van der Waals surface area (Å²) >= 11 is 0. The SMILES string of the molecule is CN(CC(C)(C)O)c1ccc(C(F)(F)F)cc1CN. The molecule has 1 aromatic rings. The van der Waals surface area contributed by atoms with Gasteiger partial charge in [0, 0.05) is 25.8 Å². The summed E-state index contributed by atoms with van der Waals surface area (Å²) in [5, 5.41) is 9.74. The molecule has 0 aromatic heterocycles. The van der Waals surface area contributed by atoms with E-state index < -0.39 is 17.3 Å². The van der Waals surface area contributed by atoms with Crippen LogP contribution in [0.25, 0.3) is 0 Å². The smallest absolute Gasteiger partial charge is 0.389 e. The van der Waals surface area contributed by atoms with Crippen LogP contribution in [0.5, 0.6) is 0 Å². The number of benzene rings is 1. The van der Waals surface area contributed by atoms with Gasteiger partial charge in [-0.2, -0.15) is 13.2 Å². The van der Waals surface area contributed by atoms with Crippen LogP contribution in [-0.2, 0) is 12.7 Å². The number of hydrogen-bond donors (Lipinski definition) is 2. The van der Waals surface area contributed by atoms with Gasteiger partial charge in [0.2, 0.25) is 0 Å². The van der Waals surface area contributed by atoms with Gasteiger partial charge < -0.3 is 15.7 Å². The number of alkyl halides is 3. The van der Waals surface area contributed by atoms with Gasteiger partial charge in [-0.15, -0.1) is 0 Å². The molecule has 19 heavy (non-hydrogen) atoms. The second-order valence-corrected chi connectivity index (χ2v) is 5.21. The van der Waals surface area contributed by atoms with Crippen molar-refractivity contribution >= 4 is 5.69 Å². The third kappa shape index (κ3) is 4.40. The minimum absolute atomic E-state index is 0.00938. The maximum Gasteiger partial charge on any atom is 0.416 e. The largest absolute Gasteiger partial charge is 0.416 e. The van der Waals surface area contributed by atoms with Crippen LogP contribution in [0.15, 0.2) is 18.2 Å². The van der Waals surface area contributed by atoms with Gasteiger partial charge in [-0.1, -0.05) is 0 Å². The van der Waals surface area contributed by atoms with Gasteiger partial charge in [0.05, 0.1) is 11.2 Å². The standard InChI is InChI=1S/C13H19F3N2O/c1-12(2,19)8-18(3)11-5-4-10(13(14,15)16)6-9(11)7-17/h4-6,19H,7-8,17H2,1-3H3. The molecule has 0 saturated heterocycles. The van der Waals surface area contributed by atoms with E-state index in [-0.39, 0.29) is 6.54 Å².